The molecule has 0 saturated carbocycles. The van der Waals surface area contributed by atoms with Crippen molar-refractivity contribution in [2.75, 3.05) is 47.5 Å². The van der Waals surface area contributed by atoms with Gasteiger partial charge in [0.25, 0.3) is 6.29 Å². The number of hydrogen-bond acceptors (Lipinski definition) is 7. The van der Waals surface area contributed by atoms with E-state index in [4.69, 9.17) is 18.9 Å². The zero-order chi connectivity index (χ0) is 65.4. The predicted molar refractivity (Wildman–Crippen MR) is 387 cm³/mol. The van der Waals surface area contributed by atoms with Crippen LogP contribution >= 0.6 is 0 Å². The molecule has 0 aliphatic rings. The summed E-state index contributed by atoms with van der Waals surface area (Å²) in [4.78, 5) is 37.7. The van der Waals surface area contributed by atoms with Crippen LogP contribution in [0.15, 0.2) is 72.9 Å². The minimum atomic E-state index is -1.51. The lowest BCUT2D eigenvalue weighted by Crippen LogP contribution is -2.40. The first-order valence-corrected chi connectivity index (χ1v) is 38.6. The Labute approximate surface area is 557 Å². The van der Waals surface area contributed by atoms with Crippen molar-refractivity contribution in [2.24, 2.45) is 0 Å². The number of quaternary nitrogens is 1. The quantitative estimate of drug-likeness (QED) is 0.0211. The number of nitrogens with zero attached hydrogens (tertiary/aromatic N) is 1. The second-order valence-corrected chi connectivity index (χ2v) is 27.3. The molecule has 90 heavy (non-hydrogen) atoms. The van der Waals surface area contributed by atoms with Crippen molar-refractivity contribution < 1.29 is 42.9 Å². The molecule has 1 N–H and O–H groups in total. The average molecular weight is 1260 g/mol. The SMILES string of the molecule is CC/C=C\C/C=C\C/C=C\C/C=C\C/C=C\C/C=C\CCCCCCCCCCCCC(=O)OC(COC(=O)CCCCCCCCCCCCCCCCCCCCCCCCCCCCCCCCCCCCCC)COC(OCC[N+](C)(C)C)C(=O)O. The lowest BCUT2D eigenvalue weighted by Gasteiger charge is -2.25. The molecule has 9 nitrogen and oxygen atoms in total. The van der Waals surface area contributed by atoms with Crippen LogP contribution in [0.3, 0.4) is 0 Å². The van der Waals surface area contributed by atoms with Gasteiger partial charge in [-0.3, -0.25) is 9.59 Å². The van der Waals surface area contributed by atoms with Gasteiger partial charge in [-0.15, -0.1) is 0 Å². The Kier molecular flexibility index (Phi) is 69.0. The first-order chi connectivity index (χ1) is 44.1. The molecule has 0 saturated heterocycles. The molecule has 0 heterocycles. The van der Waals surface area contributed by atoms with Crippen LogP contribution in [0, 0.1) is 0 Å². The fourth-order valence-corrected chi connectivity index (χ4v) is 11.4. The van der Waals surface area contributed by atoms with E-state index in [-0.39, 0.29) is 32.2 Å². The minimum Gasteiger partial charge on any atom is -0.477 e. The van der Waals surface area contributed by atoms with Gasteiger partial charge < -0.3 is 28.5 Å². The van der Waals surface area contributed by atoms with Crippen molar-refractivity contribution in [1.82, 2.24) is 0 Å². The predicted octanol–water partition coefficient (Wildman–Crippen LogP) is 24.4. The summed E-state index contributed by atoms with van der Waals surface area (Å²) in [6, 6.07) is 0. The Bertz CT molecular complexity index is 1710. The van der Waals surface area contributed by atoms with E-state index in [2.05, 4.69) is 86.8 Å². The van der Waals surface area contributed by atoms with Gasteiger partial charge in [0.2, 0.25) is 0 Å². The number of hydrogen-bond donors (Lipinski definition) is 1. The lowest BCUT2D eigenvalue weighted by molar-refractivity contribution is -0.870. The van der Waals surface area contributed by atoms with Crippen LogP contribution in [0.4, 0.5) is 0 Å². The van der Waals surface area contributed by atoms with E-state index in [1.54, 1.807) is 0 Å². The highest BCUT2D eigenvalue weighted by molar-refractivity contribution is 5.71. The molecule has 0 amide bonds. The van der Waals surface area contributed by atoms with Gasteiger partial charge in [0.1, 0.15) is 13.2 Å². The van der Waals surface area contributed by atoms with Gasteiger partial charge in [-0.2, -0.15) is 0 Å². The Morgan fingerprint density at radius 1 is 0.344 bits per heavy atom. The van der Waals surface area contributed by atoms with Gasteiger partial charge in [0.15, 0.2) is 6.10 Å². The maximum atomic E-state index is 13.0. The molecule has 0 aromatic carbocycles. The van der Waals surface area contributed by atoms with E-state index in [0.717, 1.165) is 83.5 Å². The number of aliphatic carboxylic acids is 1. The van der Waals surface area contributed by atoms with Crippen molar-refractivity contribution in [3.8, 4) is 0 Å². The van der Waals surface area contributed by atoms with E-state index >= 15 is 0 Å². The molecule has 0 aliphatic carbocycles. The fourth-order valence-electron chi connectivity index (χ4n) is 11.4. The Morgan fingerprint density at radius 3 is 0.944 bits per heavy atom. The molecular formula is C81H148NO8+. The summed E-state index contributed by atoms with van der Waals surface area (Å²) in [5.74, 6) is -1.99. The molecule has 0 radical (unpaired) electrons. The number of carboxylic acid groups (broad SMARTS) is 1. The second kappa shape index (κ2) is 71.6. The van der Waals surface area contributed by atoms with Gasteiger partial charge in [0, 0.05) is 12.8 Å². The summed E-state index contributed by atoms with van der Waals surface area (Å²) >= 11 is 0. The third-order valence-corrected chi connectivity index (χ3v) is 17.2. The zero-order valence-corrected chi connectivity index (χ0v) is 60.1. The van der Waals surface area contributed by atoms with Crippen molar-refractivity contribution >= 4 is 17.9 Å². The molecule has 0 aromatic rings. The van der Waals surface area contributed by atoms with Crippen LogP contribution in [0.2, 0.25) is 0 Å². The summed E-state index contributed by atoms with van der Waals surface area (Å²) < 4.78 is 23.0. The molecule has 0 spiro atoms. The van der Waals surface area contributed by atoms with Gasteiger partial charge in [-0.25, -0.2) is 4.79 Å². The molecule has 9 heteroatoms. The smallest absolute Gasteiger partial charge is 0.361 e. The number of carbonyl (C=O) groups is 3. The fraction of sp³-hybridized carbons (Fsp3) is 0.815. The highest BCUT2D eigenvalue weighted by Gasteiger charge is 2.25. The number of likely N-dealkylation sites (N-methyl/N-ethyl adjacent to an activating group) is 1. The van der Waals surface area contributed by atoms with Gasteiger partial charge in [0.05, 0.1) is 34.4 Å². The van der Waals surface area contributed by atoms with Crippen LogP contribution in [-0.2, 0) is 33.3 Å². The minimum absolute atomic E-state index is 0.183. The van der Waals surface area contributed by atoms with Crippen LogP contribution in [0.5, 0.6) is 0 Å². The van der Waals surface area contributed by atoms with E-state index < -0.39 is 24.3 Å². The third-order valence-electron chi connectivity index (χ3n) is 17.2. The number of carbonyl (C=O) groups excluding carboxylic acids is 2. The standard InChI is InChI=1S/C81H147NO8/c1-6-8-10-12-14-16-18-20-22-24-26-28-30-32-34-36-37-38-39-40-41-42-44-45-47-49-51-53-55-57-59-61-63-65-67-69-71-78(83)88-75-77(76-89-81(80(85)86)87-74-73-82(3,4)5)90-79(84)72-70-68-66-64-62-60-58-56-54-52-50-48-46-43-35-33-31-29-27-25-23-21-19-17-15-13-11-9-7-2/h9,11,15,17,21,23,27,29,33,35,46,48,77,81H,6-8,10,12-14,16,18-20,22,24-26,28,30-32,34,36-45,47,49-76H2,1-5H3/p+1/b11-9-,17-15-,23-21-,29-27-,35-33-,48-46-. The highest BCUT2D eigenvalue weighted by atomic mass is 16.7. The first kappa shape index (κ1) is 86.7. The van der Waals surface area contributed by atoms with Crippen molar-refractivity contribution in [1.29, 1.82) is 0 Å². The monoisotopic (exact) mass is 1260 g/mol. The van der Waals surface area contributed by atoms with E-state index in [0.29, 0.717) is 23.9 Å². The van der Waals surface area contributed by atoms with Crippen LogP contribution in [0.25, 0.3) is 0 Å². The van der Waals surface area contributed by atoms with Crippen LogP contribution in [-0.4, -0.2) is 87.4 Å². The van der Waals surface area contributed by atoms with Crippen LogP contribution < -0.4 is 0 Å². The van der Waals surface area contributed by atoms with Gasteiger partial charge >= 0.3 is 17.9 Å². The number of unbranched alkanes of at least 4 members (excludes halogenated alkanes) is 45. The lowest BCUT2D eigenvalue weighted by atomic mass is 10.0. The summed E-state index contributed by atoms with van der Waals surface area (Å²) in [7, 11) is 5.99. The molecule has 524 valence electrons. The molecule has 0 aliphatic heterocycles. The molecule has 0 rings (SSSR count). The zero-order valence-electron chi connectivity index (χ0n) is 60.1. The third kappa shape index (κ3) is 72.2. The molecule has 0 aromatic heterocycles. The maximum absolute atomic E-state index is 13.0. The van der Waals surface area contributed by atoms with Crippen molar-refractivity contribution in [3.63, 3.8) is 0 Å². The van der Waals surface area contributed by atoms with E-state index in [9.17, 15) is 19.5 Å². The first-order valence-electron chi connectivity index (χ1n) is 38.6. The normalized spacial score (nSPS) is 13.0. The second-order valence-electron chi connectivity index (χ2n) is 27.3. The molecule has 0 bridgehead atoms. The average Bonchev–Trinajstić information content (AvgIpc) is 3.74. The summed E-state index contributed by atoms with van der Waals surface area (Å²) in [5.41, 5.74) is 0. The number of rotatable bonds is 72. The summed E-state index contributed by atoms with van der Waals surface area (Å²) in [6.45, 7) is 4.81. The topological polar surface area (TPSA) is 108 Å². The summed E-state index contributed by atoms with van der Waals surface area (Å²) in [6.07, 6.45) is 93.4. The number of esters is 2. The van der Waals surface area contributed by atoms with E-state index in [1.807, 2.05) is 21.1 Å². The van der Waals surface area contributed by atoms with Crippen molar-refractivity contribution in [3.05, 3.63) is 72.9 Å². The molecule has 0 fully saturated rings. The Morgan fingerprint density at radius 2 is 0.633 bits per heavy atom. The van der Waals surface area contributed by atoms with Gasteiger partial charge in [-0.05, 0) is 64.2 Å². The Hall–Kier alpha value is -3.27. The summed E-state index contributed by atoms with van der Waals surface area (Å²) in [5, 5.41) is 9.76. The molecule has 2 unspecified atom stereocenters. The van der Waals surface area contributed by atoms with E-state index in [1.165, 1.54) is 250 Å². The maximum Gasteiger partial charge on any atom is 0.361 e. The van der Waals surface area contributed by atoms with Crippen molar-refractivity contribution in [2.45, 2.75) is 379 Å². The Balaban J connectivity index is 4.02. The van der Waals surface area contributed by atoms with Gasteiger partial charge in [-0.1, -0.05) is 363 Å². The molecular weight excluding hydrogens is 1110 g/mol. The number of carboxylic acids is 1. The largest absolute Gasteiger partial charge is 0.477 e. The number of ether oxygens (including phenoxy) is 4. The number of allylic oxidation sites excluding steroid dienone is 12. The molecule has 2 atom stereocenters. The van der Waals surface area contributed by atoms with Crippen LogP contribution in [0.1, 0.15) is 367 Å². The highest BCUT2D eigenvalue weighted by Crippen LogP contribution is 2.19.